The summed E-state index contributed by atoms with van der Waals surface area (Å²) in [6.07, 6.45) is 1.55. The molecule has 0 saturated heterocycles. The second-order valence-corrected chi connectivity index (χ2v) is 12.9. The predicted octanol–water partition coefficient (Wildman–Crippen LogP) is 7.70. The van der Waals surface area contributed by atoms with Gasteiger partial charge in [-0.15, -0.1) is 0 Å². The molecule has 0 aliphatic rings. The number of benzene rings is 4. The van der Waals surface area contributed by atoms with Crippen LogP contribution in [-0.2, 0) is 24.2 Å². The van der Waals surface area contributed by atoms with Gasteiger partial charge >= 0.3 is 5.97 Å². The molecule has 0 saturated carbocycles. The molecule has 0 spiro atoms. The maximum atomic E-state index is 14.0. The van der Waals surface area contributed by atoms with Gasteiger partial charge in [-0.2, -0.15) is 0 Å². The van der Waals surface area contributed by atoms with Gasteiger partial charge in [-0.25, -0.2) is 13.6 Å². The van der Waals surface area contributed by atoms with Crippen molar-refractivity contribution in [3.05, 3.63) is 135 Å². The molecule has 1 amide bonds. The lowest BCUT2D eigenvalue weighted by molar-refractivity contribution is 0.0239. The molecule has 4 aromatic rings. The van der Waals surface area contributed by atoms with Crippen molar-refractivity contribution in [2.75, 3.05) is 26.2 Å². The summed E-state index contributed by atoms with van der Waals surface area (Å²) in [6.45, 7) is 8.23. The zero-order valence-corrected chi connectivity index (χ0v) is 29.6. The van der Waals surface area contributed by atoms with E-state index in [-0.39, 0.29) is 24.4 Å². The van der Waals surface area contributed by atoms with Crippen molar-refractivity contribution in [2.45, 2.75) is 65.2 Å². The molecule has 50 heavy (non-hydrogen) atoms. The molecule has 0 unspecified atom stereocenters. The zero-order valence-electron chi connectivity index (χ0n) is 28.9. The van der Waals surface area contributed by atoms with E-state index in [1.54, 1.807) is 23.1 Å². The van der Waals surface area contributed by atoms with Gasteiger partial charge in [0.1, 0.15) is 30.1 Å². The monoisotopic (exact) mass is 705 g/mol. The van der Waals surface area contributed by atoms with Crippen molar-refractivity contribution in [3.63, 3.8) is 0 Å². The first-order valence-electron chi connectivity index (χ1n) is 17.0. The molecule has 0 aliphatic heterocycles. The van der Waals surface area contributed by atoms with Crippen LogP contribution in [0.2, 0.25) is 5.02 Å². The van der Waals surface area contributed by atoms with Crippen molar-refractivity contribution in [1.29, 1.82) is 0 Å². The summed E-state index contributed by atoms with van der Waals surface area (Å²) in [6, 6.07) is 22.7. The third-order valence-corrected chi connectivity index (χ3v) is 8.35. The molecule has 266 valence electrons. The lowest BCUT2D eigenvalue weighted by atomic mass is 10.0. The number of nitrogens with two attached hydrogens (primary N) is 1. The Morgan fingerprint density at radius 1 is 0.860 bits per heavy atom. The molecule has 0 bridgehead atoms. The summed E-state index contributed by atoms with van der Waals surface area (Å²) in [5, 5.41) is 3.98. The highest BCUT2D eigenvalue weighted by molar-refractivity contribution is 6.30. The first-order chi connectivity index (χ1) is 24.0. The van der Waals surface area contributed by atoms with Crippen LogP contribution in [0.1, 0.15) is 69.7 Å². The fourth-order valence-electron chi connectivity index (χ4n) is 5.70. The molecule has 0 fully saturated rings. The number of rotatable bonds is 18. The molecule has 0 heterocycles. The molecule has 4 rings (SSSR count). The number of hydrogen-bond donors (Lipinski definition) is 2. The van der Waals surface area contributed by atoms with E-state index < -0.39 is 29.7 Å². The average Bonchev–Trinajstić information content (AvgIpc) is 3.08. The van der Waals surface area contributed by atoms with Crippen molar-refractivity contribution in [3.8, 4) is 5.75 Å². The molecular formula is C40H46ClF2N3O4. The van der Waals surface area contributed by atoms with E-state index in [0.717, 1.165) is 41.3 Å². The van der Waals surface area contributed by atoms with Gasteiger partial charge in [0.05, 0.1) is 5.56 Å². The third-order valence-electron chi connectivity index (χ3n) is 8.12. The Bertz CT molecular complexity index is 1690. The average molecular weight is 706 g/mol. The number of aryl methyl sites for hydroxylation is 1. The van der Waals surface area contributed by atoms with Crippen LogP contribution < -0.4 is 15.8 Å². The second-order valence-electron chi connectivity index (χ2n) is 12.5. The molecule has 0 aliphatic carbocycles. The Labute approximate surface area is 298 Å². The highest BCUT2D eigenvalue weighted by atomic mass is 35.5. The topological polar surface area (TPSA) is 93.9 Å². The molecule has 7 nitrogen and oxygen atoms in total. The van der Waals surface area contributed by atoms with Crippen LogP contribution in [-0.4, -0.2) is 55.1 Å². The number of amides is 1. The van der Waals surface area contributed by atoms with E-state index in [1.165, 1.54) is 12.1 Å². The van der Waals surface area contributed by atoms with Crippen molar-refractivity contribution in [2.24, 2.45) is 5.73 Å². The van der Waals surface area contributed by atoms with Gasteiger partial charge in [-0.3, -0.25) is 4.79 Å². The molecule has 2 atom stereocenters. The summed E-state index contributed by atoms with van der Waals surface area (Å²) >= 11 is 6.06. The summed E-state index contributed by atoms with van der Waals surface area (Å²) < 4.78 is 39.7. The number of nitrogens with zero attached hydrogens (tertiary/aromatic N) is 1. The van der Waals surface area contributed by atoms with Crippen LogP contribution in [0.15, 0.2) is 84.9 Å². The highest BCUT2D eigenvalue weighted by Crippen LogP contribution is 2.19. The molecule has 3 N–H and O–H groups in total. The summed E-state index contributed by atoms with van der Waals surface area (Å²) in [5.74, 6) is -1.47. The first-order valence-corrected chi connectivity index (χ1v) is 17.4. The smallest absolute Gasteiger partial charge is 0.338 e. The zero-order chi connectivity index (χ0) is 36.0. The van der Waals surface area contributed by atoms with Gasteiger partial charge in [0.2, 0.25) is 0 Å². The van der Waals surface area contributed by atoms with E-state index in [9.17, 15) is 18.4 Å². The van der Waals surface area contributed by atoms with Crippen LogP contribution in [0.3, 0.4) is 0 Å². The largest absolute Gasteiger partial charge is 0.489 e. The summed E-state index contributed by atoms with van der Waals surface area (Å²) in [5.41, 5.74) is 10.3. The Hall–Kier alpha value is -4.31. The van der Waals surface area contributed by atoms with Gasteiger partial charge in [0.15, 0.2) is 0 Å². The normalized spacial score (nSPS) is 12.3. The number of carbonyl (C=O) groups excluding carboxylic acids is 2. The predicted molar refractivity (Wildman–Crippen MR) is 194 cm³/mol. The van der Waals surface area contributed by atoms with Crippen molar-refractivity contribution < 1.29 is 27.8 Å². The molecular weight excluding hydrogens is 660 g/mol. The standard InChI is InChI=1S/C40H46ClF2N3O4/c1-4-15-46(16-5-2)39(47)31-17-27(3)18-32(23-31)40(48)50-38(37(44)22-30-20-34(42)24-35(43)21-30)25-45-14-13-28-9-11-36(12-10-28)49-26-29-7-6-8-33(41)19-29/h6-12,17-21,23-24,37-38,45H,4-5,13-16,22,25-26,44H2,1-3H3/t37-,38+/m0/s1. The molecule has 0 radical (unpaired) electrons. The number of carbonyl (C=O) groups is 2. The Morgan fingerprint density at radius 3 is 2.20 bits per heavy atom. The number of nitrogens with one attached hydrogen (secondary N) is 1. The number of hydrogen-bond acceptors (Lipinski definition) is 6. The van der Waals surface area contributed by atoms with Gasteiger partial charge in [0.25, 0.3) is 5.91 Å². The number of esters is 1. The molecule has 4 aromatic carbocycles. The first kappa shape index (κ1) is 38.5. The highest BCUT2D eigenvalue weighted by Gasteiger charge is 2.25. The Balaban J connectivity index is 1.41. The molecule has 10 heteroatoms. The van der Waals surface area contributed by atoms with Gasteiger partial charge in [-0.1, -0.05) is 49.7 Å². The lowest BCUT2D eigenvalue weighted by Crippen LogP contribution is -2.46. The maximum absolute atomic E-state index is 14.0. The fraction of sp³-hybridized carbons (Fsp3) is 0.350. The Kier molecular flexibility index (Phi) is 14.8. The van der Waals surface area contributed by atoms with E-state index in [4.69, 9.17) is 26.8 Å². The van der Waals surface area contributed by atoms with E-state index in [1.807, 2.05) is 69.3 Å². The maximum Gasteiger partial charge on any atom is 0.338 e. The third kappa shape index (κ3) is 11.9. The van der Waals surface area contributed by atoms with Gasteiger partial charge in [0, 0.05) is 42.3 Å². The minimum absolute atomic E-state index is 0.0749. The van der Waals surface area contributed by atoms with Crippen LogP contribution >= 0.6 is 11.6 Å². The number of ether oxygens (including phenoxy) is 2. The number of halogens is 3. The van der Waals surface area contributed by atoms with Crippen LogP contribution in [0.5, 0.6) is 5.75 Å². The quantitative estimate of drug-likeness (QED) is 0.0815. The van der Waals surface area contributed by atoms with Crippen LogP contribution in [0.25, 0.3) is 0 Å². The van der Waals surface area contributed by atoms with Crippen LogP contribution in [0.4, 0.5) is 8.78 Å². The van der Waals surface area contributed by atoms with Crippen molar-refractivity contribution >= 4 is 23.5 Å². The SMILES string of the molecule is CCCN(CCC)C(=O)c1cc(C)cc(C(=O)O[C@H](CNCCc2ccc(OCc3cccc(Cl)c3)cc2)[C@@H](N)Cc2cc(F)cc(F)c2)c1. The summed E-state index contributed by atoms with van der Waals surface area (Å²) in [7, 11) is 0. The minimum Gasteiger partial charge on any atom is -0.489 e. The van der Waals surface area contributed by atoms with E-state index >= 15 is 0 Å². The van der Waals surface area contributed by atoms with Gasteiger partial charge < -0.3 is 25.4 Å². The second kappa shape index (κ2) is 19.2. The van der Waals surface area contributed by atoms with Crippen molar-refractivity contribution in [1.82, 2.24) is 10.2 Å². The summed E-state index contributed by atoms with van der Waals surface area (Å²) in [4.78, 5) is 28.7. The van der Waals surface area contributed by atoms with E-state index in [0.29, 0.717) is 48.8 Å². The Morgan fingerprint density at radius 2 is 1.54 bits per heavy atom. The minimum atomic E-state index is -0.840. The van der Waals surface area contributed by atoms with E-state index in [2.05, 4.69) is 5.32 Å². The van der Waals surface area contributed by atoms with Crippen LogP contribution in [0, 0.1) is 18.6 Å². The fourth-order valence-corrected chi connectivity index (χ4v) is 5.92. The molecule has 0 aromatic heterocycles. The lowest BCUT2D eigenvalue weighted by Gasteiger charge is -2.25. The van der Waals surface area contributed by atoms with Gasteiger partial charge in [-0.05, 0) is 116 Å².